The maximum atomic E-state index is 5.71. The summed E-state index contributed by atoms with van der Waals surface area (Å²) in [6.45, 7) is 6.54. The molecule has 0 atom stereocenters. The van der Waals surface area contributed by atoms with Gasteiger partial charge in [-0.1, -0.05) is 13.3 Å². The minimum Gasteiger partial charge on any atom is -0.493 e. The van der Waals surface area contributed by atoms with Crippen molar-refractivity contribution in [1.29, 1.82) is 0 Å². The number of likely N-dealkylation sites (tertiary alicyclic amines) is 1. The number of pyridine rings is 1. The summed E-state index contributed by atoms with van der Waals surface area (Å²) in [5.74, 6) is 2.25. The van der Waals surface area contributed by atoms with Crippen LogP contribution in [-0.4, -0.2) is 49.8 Å². The Kier molecular flexibility index (Phi) is 6.90. The highest BCUT2D eigenvalue weighted by Crippen LogP contribution is 2.46. The van der Waals surface area contributed by atoms with Gasteiger partial charge in [-0.2, -0.15) is 0 Å². The van der Waals surface area contributed by atoms with Crippen LogP contribution in [0.2, 0.25) is 0 Å². The predicted molar refractivity (Wildman–Crippen MR) is 121 cm³/mol. The van der Waals surface area contributed by atoms with Gasteiger partial charge in [0.25, 0.3) is 0 Å². The molecule has 2 heterocycles. The lowest BCUT2D eigenvalue weighted by molar-refractivity contribution is 0.192. The lowest BCUT2D eigenvalue weighted by Crippen LogP contribution is -2.42. The topological polar surface area (TPSA) is 46.6 Å². The van der Waals surface area contributed by atoms with Gasteiger partial charge >= 0.3 is 0 Å². The van der Waals surface area contributed by atoms with E-state index in [1.54, 1.807) is 14.2 Å². The van der Waals surface area contributed by atoms with Gasteiger partial charge in [0.05, 0.1) is 19.9 Å². The van der Waals surface area contributed by atoms with Crippen molar-refractivity contribution in [2.75, 3.05) is 33.9 Å². The van der Waals surface area contributed by atoms with E-state index in [0.717, 1.165) is 48.9 Å². The van der Waals surface area contributed by atoms with Gasteiger partial charge < -0.3 is 14.8 Å². The fraction of sp³-hybridized carbons (Fsp3) is 0.560. The smallest absolute Gasteiger partial charge is 0.164 e. The summed E-state index contributed by atoms with van der Waals surface area (Å²) in [5, 5.41) is 3.58. The largest absolute Gasteiger partial charge is 0.493 e. The van der Waals surface area contributed by atoms with Crippen LogP contribution in [0.4, 0.5) is 0 Å². The van der Waals surface area contributed by atoms with Crippen molar-refractivity contribution >= 4 is 0 Å². The summed E-state index contributed by atoms with van der Waals surface area (Å²) in [5.41, 5.74) is 4.71. The minimum absolute atomic E-state index is 0.565. The van der Waals surface area contributed by atoms with E-state index in [1.165, 1.54) is 43.2 Å². The highest BCUT2D eigenvalue weighted by atomic mass is 16.5. The van der Waals surface area contributed by atoms with Crippen LogP contribution in [0.1, 0.15) is 56.1 Å². The predicted octanol–water partition coefficient (Wildman–Crippen LogP) is 4.61. The van der Waals surface area contributed by atoms with Gasteiger partial charge in [-0.15, -0.1) is 0 Å². The van der Waals surface area contributed by atoms with E-state index in [4.69, 9.17) is 9.47 Å². The monoisotopic (exact) mass is 409 g/mol. The number of nitrogens with one attached hydrogen (secondary N) is 1. The Labute approximate surface area is 180 Å². The first-order valence-electron chi connectivity index (χ1n) is 11.4. The van der Waals surface area contributed by atoms with Crippen molar-refractivity contribution in [3.05, 3.63) is 41.6 Å². The Morgan fingerprint density at radius 2 is 1.87 bits per heavy atom. The van der Waals surface area contributed by atoms with E-state index in [9.17, 15) is 0 Å². The molecule has 0 amide bonds. The molecule has 2 fully saturated rings. The zero-order valence-corrected chi connectivity index (χ0v) is 18.6. The third-order valence-electron chi connectivity index (χ3n) is 6.66. The molecular formula is C25H35N3O2. The van der Waals surface area contributed by atoms with Crippen LogP contribution < -0.4 is 14.8 Å². The number of piperidine rings is 1. The molecule has 1 N–H and O–H groups in total. The van der Waals surface area contributed by atoms with Crippen molar-refractivity contribution in [1.82, 2.24) is 15.2 Å². The van der Waals surface area contributed by atoms with Gasteiger partial charge in [0, 0.05) is 29.9 Å². The molecule has 1 saturated carbocycles. The number of hydrogen-bond donors (Lipinski definition) is 1. The van der Waals surface area contributed by atoms with Gasteiger partial charge in [-0.05, 0) is 81.1 Å². The van der Waals surface area contributed by atoms with Crippen LogP contribution in [0.3, 0.4) is 0 Å². The van der Waals surface area contributed by atoms with Gasteiger partial charge in [0.2, 0.25) is 0 Å². The molecule has 30 heavy (non-hydrogen) atoms. The Morgan fingerprint density at radius 1 is 1.07 bits per heavy atom. The summed E-state index contributed by atoms with van der Waals surface area (Å²) >= 11 is 0. The van der Waals surface area contributed by atoms with Crippen LogP contribution >= 0.6 is 0 Å². The SMILES string of the molecule is CCNC1CCN(Cc2ccnc(-c3cc(OC)c(OC)c(C4CCC4)c3)c2)CC1. The van der Waals surface area contributed by atoms with Crippen molar-refractivity contribution in [2.45, 2.75) is 57.5 Å². The third kappa shape index (κ3) is 4.62. The Morgan fingerprint density at radius 3 is 2.50 bits per heavy atom. The molecule has 0 spiro atoms. The molecule has 1 aliphatic heterocycles. The zero-order valence-electron chi connectivity index (χ0n) is 18.6. The average molecular weight is 410 g/mol. The quantitative estimate of drug-likeness (QED) is 0.690. The molecule has 162 valence electrons. The van der Waals surface area contributed by atoms with Gasteiger partial charge in [0.15, 0.2) is 11.5 Å². The standard InChI is InChI=1S/C25H35N3O2/c1-4-26-21-9-12-28(13-10-21)17-18-8-11-27-23(14-18)20-15-22(19-6-5-7-19)25(30-3)24(16-20)29-2/h8,11,14-16,19,21,26H,4-7,9-10,12-13,17H2,1-3H3. The van der Waals surface area contributed by atoms with Gasteiger partial charge in [-0.3, -0.25) is 9.88 Å². The molecule has 1 aromatic carbocycles. The summed E-state index contributed by atoms with van der Waals surface area (Å²) in [6, 6.07) is 9.39. The normalized spacial score (nSPS) is 18.2. The molecule has 4 rings (SSSR count). The van der Waals surface area contributed by atoms with Crippen LogP contribution in [-0.2, 0) is 6.54 Å². The van der Waals surface area contributed by atoms with E-state index in [1.807, 2.05) is 6.20 Å². The Balaban J connectivity index is 1.53. The molecule has 2 aromatic rings. The second-order valence-corrected chi connectivity index (χ2v) is 8.59. The highest BCUT2D eigenvalue weighted by molar-refractivity contribution is 5.67. The summed E-state index contributed by atoms with van der Waals surface area (Å²) in [6.07, 6.45) is 8.13. The minimum atomic E-state index is 0.565. The second kappa shape index (κ2) is 9.80. The number of aromatic nitrogens is 1. The molecule has 1 aliphatic carbocycles. The molecule has 0 bridgehead atoms. The third-order valence-corrected chi connectivity index (χ3v) is 6.66. The Bertz CT molecular complexity index is 842. The highest BCUT2D eigenvalue weighted by Gasteiger charge is 2.26. The Hall–Kier alpha value is -2.11. The molecular weight excluding hydrogens is 374 g/mol. The number of hydrogen-bond acceptors (Lipinski definition) is 5. The lowest BCUT2D eigenvalue weighted by atomic mass is 9.79. The van der Waals surface area contributed by atoms with E-state index < -0.39 is 0 Å². The first-order chi connectivity index (χ1) is 14.7. The second-order valence-electron chi connectivity index (χ2n) is 8.59. The maximum absolute atomic E-state index is 5.71. The van der Waals surface area contributed by atoms with E-state index in [2.05, 4.69) is 46.4 Å². The van der Waals surface area contributed by atoms with Crippen molar-refractivity contribution in [3.8, 4) is 22.8 Å². The van der Waals surface area contributed by atoms with Crippen molar-refractivity contribution < 1.29 is 9.47 Å². The molecule has 2 aliphatic rings. The van der Waals surface area contributed by atoms with E-state index in [0.29, 0.717) is 12.0 Å². The molecule has 1 aromatic heterocycles. The summed E-state index contributed by atoms with van der Waals surface area (Å²) in [4.78, 5) is 7.25. The number of ether oxygens (including phenoxy) is 2. The first-order valence-corrected chi connectivity index (χ1v) is 11.4. The number of rotatable bonds is 8. The van der Waals surface area contributed by atoms with Crippen molar-refractivity contribution in [2.24, 2.45) is 0 Å². The summed E-state index contributed by atoms with van der Waals surface area (Å²) < 4.78 is 11.4. The lowest BCUT2D eigenvalue weighted by Gasteiger charge is -2.32. The molecule has 1 saturated heterocycles. The van der Waals surface area contributed by atoms with E-state index in [-0.39, 0.29) is 0 Å². The fourth-order valence-corrected chi connectivity index (χ4v) is 4.74. The first kappa shape index (κ1) is 21.1. The maximum Gasteiger partial charge on any atom is 0.164 e. The van der Waals surface area contributed by atoms with Crippen LogP contribution in [0.25, 0.3) is 11.3 Å². The molecule has 0 unspecified atom stereocenters. The van der Waals surface area contributed by atoms with Gasteiger partial charge in [0.1, 0.15) is 0 Å². The van der Waals surface area contributed by atoms with Crippen LogP contribution in [0, 0.1) is 0 Å². The summed E-state index contributed by atoms with van der Waals surface area (Å²) in [7, 11) is 3.45. The number of methoxy groups -OCH3 is 2. The number of benzene rings is 1. The number of nitrogens with zero attached hydrogens (tertiary/aromatic N) is 2. The molecule has 5 heteroatoms. The fourth-order valence-electron chi connectivity index (χ4n) is 4.74. The van der Waals surface area contributed by atoms with Gasteiger partial charge in [-0.25, -0.2) is 0 Å². The van der Waals surface area contributed by atoms with Crippen LogP contribution in [0.15, 0.2) is 30.5 Å². The average Bonchev–Trinajstić information content (AvgIpc) is 2.74. The van der Waals surface area contributed by atoms with Crippen molar-refractivity contribution in [3.63, 3.8) is 0 Å². The van der Waals surface area contributed by atoms with Crippen LogP contribution in [0.5, 0.6) is 11.5 Å². The molecule has 0 radical (unpaired) electrons. The zero-order chi connectivity index (χ0) is 20.9. The van der Waals surface area contributed by atoms with E-state index >= 15 is 0 Å². The molecule has 5 nitrogen and oxygen atoms in total.